The molecule has 0 saturated heterocycles. The van der Waals surface area contributed by atoms with Crippen molar-refractivity contribution in [2.45, 2.75) is 26.9 Å². The first-order chi connectivity index (χ1) is 6.09. The van der Waals surface area contributed by atoms with E-state index in [9.17, 15) is 0 Å². The van der Waals surface area contributed by atoms with Crippen LogP contribution < -0.4 is 10.5 Å². The molecule has 72 valence electrons. The number of hydrogen-bond donors (Lipinski definition) is 1. The number of rotatable bonds is 3. The molecule has 2 N–H and O–H groups in total. The molecule has 4 nitrogen and oxygen atoms in total. The molecule has 0 fully saturated rings. The first-order valence-corrected chi connectivity index (χ1v) is 4.34. The van der Waals surface area contributed by atoms with Crippen molar-refractivity contribution in [2.75, 3.05) is 5.73 Å². The Hall–Kier alpha value is -1.32. The van der Waals surface area contributed by atoms with Crippen molar-refractivity contribution in [3.8, 4) is 6.01 Å². The largest absolute Gasteiger partial charge is 0.460 e. The lowest BCUT2D eigenvalue weighted by molar-refractivity contribution is 0.156. The van der Waals surface area contributed by atoms with Crippen LogP contribution in [0.5, 0.6) is 6.01 Å². The number of anilines is 1. The van der Waals surface area contributed by atoms with Gasteiger partial charge in [-0.05, 0) is 18.9 Å². The van der Waals surface area contributed by atoms with Crippen LogP contribution in [-0.4, -0.2) is 16.1 Å². The maximum absolute atomic E-state index is 5.48. The first kappa shape index (κ1) is 9.77. The van der Waals surface area contributed by atoms with Crippen molar-refractivity contribution in [3.05, 3.63) is 12.3 Å². The van der Waals surface area contributed by atoms with Crippen LogP contribution in [-0.2, 0) is 0 Å². The van der Waals surface area contributed by atoms with E-state index in [4.69, 9.17) is 10.5 Å². The second-order valence-corrected chi connectivity index (χ2v) is 3.33. The molecule has 0 aromatic carbocycles. The third kappa shape index (κ3) is 2.89. The van der Waals surface area contributed by atoms with Crippen LogP contribution in [0.3, 0.4) is 0 Å². The molecule has 13 heavy (non-hydrogen) atoms. The molecule has 0 saturated carbocycles. The van der Waals surface area contributed by atoms with Crippen LogP contribution in [0.15, 0.2) is 12.3 Å². The Morgan fingerprint density at radius 1 is 1.38 bits per heavy atom. The smallest absolute Gasteiger partial charge is 0.318 e. The normalized spacial score (nSPS) is 12.9. The van der Waals surface area contributed by atoms with E-state index in [0.717, 1.165) is 0 Å². The Balaban J connectivity index is 2.64. The Morgan fingerprint density at radius 2 is 2.08 bits per heavy atom. The first-order valence-electron chi connectivity index (χ1n) is 4.34. The molecule has 0 spiro atoms. The summed E-state index contributed by atoms with van der Waals surface area (Å²) in [6.07, 6.45) is 1.69. The second-order valence-electron chi connectivity index (χ2n) is 3.33. The summed E-state index contributed by atoms with van der Waals surface area (Å²) in [5.41, 5.74) is 5.48. The molecule has 4 heteroatoms. The van der Waals surface area contributed by atoms with Gasteiger partial charge < -0.3 is 10.5 Å². The van der Waals surface area contributed by atoms with Gasteiger partial charge in [0.05, 0.1) is 0 Å². The van der Waals surface area contributed by atoms with Crippen LogP contribution in [0.25, 0.3) is 0 Å². The van der Waals surface area contributed by atoms with E-state index in [-0.39, 0.29) is 6.10 Å². The number of nitrogen functional groups attached to an aromatic ring is 1. The van der Waals surface area contributed by atoms with Gasteiger partial charge in [0.2, 0.25) is 0 Å². The van der Waals surface area contributed by atoms with E-state index in [2.05, 4.69) is 23.8 Å². The summed E-state index contributed by atoms with van der Waals surface area (Å²) < 4.78 is 5.45. The number of nitrogens with zero attached hydrogens (tertiary/aromatic N) is 2. The fourth-order valence-corrected chi connectivity index (χ4v) is 0.713. The lowest BCUT2D eigenvalue weighted by Gasteiger charge is -2.15. The number of aromatic nitrogens is 2. The summed E-state index contributed by atoms with van der Waals surface area (Å²) in [5, 5.41) is 0. The topological polar surface area (TPSA) is 61.0 Å². The summed E-state index contributed by atoms with van der Waals surface area (Å²) in [7, 11) is 0. The monoisotopic (exact) mass is 181 g/mol. The van der Waals surface area contributed by atoms with Gasteiger partial charge in [-0.15, -0.1) is 0 Å². The molecule has 1 aromatic rings. The zero-order chi connectivity index (χ0) is 9.84. The van der Waals surface area contributed by atoms with Gasteiger partial charge in [-0.3, -0.25) is 0 Å². The molecule has 0 radical (unpaired) electrons. The highest BCUT2D eigenvalue weighted by Crippen LogP contribution is 2.10. The molecule has 1 rings (SSSR count). The van der Waals surface area contributed by atoms with Crippen molar-refractivity contribution >= 4 is 5.82 Å². The zero-order valence-corrected chi connectivity index (χ0v) is 8.19. The highest BCUT2D eigenvalue weighted by atomic mass is 16.5. The number of ether oxygens (including phenoxy) is 1. The van der Waals surface area contributed by atoms with Crippen molar-refractivity contribution in [3.63, 3.8) is 0 Å². The zero-order valence-electron chi connectivity index (χ0n) is 8.19. The average molecular weight is 181 g/mol. The van der Waals surface area contributed by atoms with Gasteiger partial charge in [0, 0.05) is 6.20 Å². The predicted octanol–water partition coefficient (Wildman–Crippen LogP) is 1.48. The van der Waals surface area contributed by atoms with Gasteiger partial charge in [-0.1, -0.05) is 13.8 Å². The van der Waals surface area contributed by atoms with Crippen LogP contribution >= 0.6 is 0 Å². The molecule has 1 atom stereocenters. The maximum Gasteiger partial charge on any atom is 0.318 e. The highest BCUT2D eigenvalue weighted by molar-refractivity contribution is 5.26. The summed E-state index contributed by atoms with van der Waals surface area (Å²) in [4.78, 5) is 7.89. The molecule has 0 bridgehead atoms. The summed E-state index contributed by atoms with van der Waals surface area (Å²) >= 11 is 0. The van der Waals surface area contributed by atoms with Gasteiger partial charge in [-0.25, -0.2) is 4.98 Å². The fraction of sp³-hybridized carbons (Fsp3) is 0.556. The number of hydrogen-bond acceptors (Lipinski definition) is 4. The van der Waals surface area contributed by atoms with E-state index in [1.165, 1.54) is 0 Å². The van der Waals surface area contributed by atoms with Gasteiger partial charge in [0.15, 0.2) is 0 Å². The molecule has 0 amide bonds. The third-order valence-corrected chi connectivity index (χ3v) is 1.89. The van der Waals surface area contributed by atoms with Crippen LogP contribution in [0.2, 0.25) is 0 Å². The van der Waals surface area contributed by atoms with Crippen LogP contribution in [0.1, 0.15) is 20.8 Å². The van der Waals surface area contributed by atoms with Crippen LogP contribution in [0, 0.1) is 5.92 Å². The van der Waals surface area contributed by atoms with Crippen molar-refractivity contribution < 1.29 is 4.74 Å². The van der Waals surface area contributed by atoms with Crippen molar-refractivity contribution in [2.24, 2.45) is 5.92 Å². The van der Waals surface area contributed by atoms with Gasteiger partial charge in [0.25, 0.3) is 0 Å². The fourth-order valence-electron chi connectivity index (χ4n) is 0.713. The Bertz CT molecular complexity index is 275. The summed E-state index contributed by atoms with van der Waals surface area (Å²) in [6, 6.07) is 1.98. The molecule has 0 aliphatic carbocycles. The molecular weight excluding hydrogens is 166 g/mol. The quantitative estimate of drug-likeness (QED) is 0.767. The summed E-state index contributed by atoms with van der Waals surface area (Å²) in [5.74, 6) is 0.867. The van der Waals surface area contributed by atoms with Crippen molar-refractivity contribution in [1.82, 2.24) is 9.97 Å². The Morgan fingerprint density at radius 3 is 2.62 bits per heavy atom. The average Bonchev–Trinajstić information content (AvgIpc) is 2.04. The second kappa shape index (κ2) is 4.07. The molecule has 0 aliphatic heterocycles. The van der Waals surface area contributed by atoms with E-state index in [1.807, 2.05) is 6.92 Å². The summed E-state index contributed by atoms with van der Waals surface area (Å²) in [6.45, 7) is 6.14. The predicted molar refractivity (Wildman–Crippen MR) is 51.4 cm³/mol. The molecule has 1 heterocycles. The van der Waals surface area contributed by atoms with Gasteiger partial charge in [0.1, 0.15) is 11.9 Å². The minimum atomic E-state index is 0.0989. The Labute approximate surface area is 78.1 Å². The minimum absolute atomic E-state index is 0.0989. The highest BCUT2D eigenvalue weighted by Gasteiger charge is 2.09. The van der Waals surface area contributed by atoms with Crippen molar-refractivity contribution in [1.29, 1.82) is 0 Å². The standard InChI is InChI=1S/C9H15N3O/c1-6(2)7(3)13-9-11-5-4-8(10)12-9/h4-7H,1-3H3,(H2,10,11,12). The molecule has 0 aliphatic rings. The maximum atomic E-state index is 5.48. The van der Waals surface area contributed by atoms with E-state index < -0.39 is 0 Å². The Kier molecular flexibility index (Phi) is 3.06. The lowest BCUT2D eigenvalue weighted by Crippen LogP contribution is -2.20. The van der Waals surface area contributed by atoms with Gasteiger partial charge >= 0.3 is 6.01 Å². The van der Waals surface area contributed by atoms with E-state index in [1.54, 1.807) is 12.3 Å². The lowest BCUT2D eigenvalue weighted by atomic mass is 10.1. The molecule has 1 unspecified atom stereocenters. The SMILES string of the molecule is CC(C)C(C)Oc1nccc(N)n1. The number of nitrogens with two attached hydrogens (primary N) is 1. The third-order valence-electron chi connectivity index (χ3n) is 1.89. The molecule has 1 aromatic heterocycles. The molecular formula is C9H15N3O. The van der Waals surface area contributed by atoms with E-state index >= 15 is 0 Å². The minimum Gasteiger partial charge on any atom is -0.460 e. The van der Waals surface area contributed by atoms with Crippen LogP contribution in [0.4, 0.5) is 5.82 Å². The van der Waals surface area contributed by atoms with E-state index in [0.29, 0.717) is 17.7 Å². The van der Waals surface area contributed by atoms with Gasteiger partial charge in [-0.2, -0.15) is 4.98 Å².